The fourth-order valence-corrected chi connectivity index (χ4v) is 1.57. The van der Waals surface area contributed by atoms with E-state index >= 15 is 0 Å². The van der Waals surface area contributed by atoms with E-state index in [4.69, 9.17) is 10.5 Å². The van der Waals surface area contributed by atoms with Crippen LogP contribution in [0, 0.1) is 0 Å². The van der Waals surface area contributed by atoms with Crippen LogP contribution >= 0.6 is 0 Å². The van der Waals surface area contributed by atoms with E-state index in [-0.39, 0.29) is 0 Å². The summed E-state index contributed by atoms with van der Waals surface area (Å²) < 4.78 is 5.05. The SMILES string of the molecule is COc1nccnc1C(O)c1cccc(N)c1. The van der Waals surface area contributed by atoms with E-state index in [1.165, 1.54) is 19.5 Å². The Bertz CT molecular complexity index is 517. The lowest BCUT2D eigenvalue weighted by Gasteiger charge is -2.13. The lowest BCUT2D eigenvalue weighted by Crippen LogP contribution is -2.06. The molecule has 0 saturated heterocycles. The molecule has 0 fully saturated rings. The molecule has 3 N–H and O–H groups in total. The standard InChI is InChI=1S/C12H13N3O2/c1-17-12-10(14-5-6-15-12)11(16)8-3-2-4-9(13)7-8/h2-7,11,16H,13H2,1H3. The second kappa shape index (κ2) is 4.80. The Morgan fingerprint density at radius 1 is 1.29 bits per heavy atom. The fourth-order valence-electron chi connectivity index (χ4n) is 1.57. The summed E-state index contributed by atoms with van der Waals surface area (Å²) in [7, 11) is 1.49. The molecule has 0 saturated carbocycles. The molecule has 17 heavy (non-hydrogen) atoms. The van der Waals surface area contributed by atoms with Gasteiger partial charge in [0.15, 0.2) is 0 Å². The predicted octanol–water partition coefficient (Wildman–Crippen LogP) is 1.15. The van der Waals surface area contributed by atoms with Gasteiger partial charge in [-0.15, -0.1) is 0 Å². The third-order valence-electron chi connectivity index (χ3n) is 2.37. The lowest BCUT2D eigenvalue weighted by molar-refractivity contribution is 0.207. The van der Waals surface area contributed by atoms with E-state index < -0.39 is 6.10 Å². The van der Waals surface area contributed by atoms with Gasteiger partial charge in [-0.3, -0.25) is 4.98 Å². The maximum absolute atomic E-state index is 10.2. The van der Waals surface area contributed by atoms with Crippen molar-refractivity contribution in [2.75, 3.05) is 12.8 Å². The molecule has 1 unspecified atom stereocenters. The number of ether oxygens (including phenoxy) is 1. The summed E-state index contributed by atoms with van der Waals surface area (Å²) >= 11 is 0. The second-order valence-electron chi connectivity index (χ2n) is 3.52. The highest BCUT2D eigenvalue weighted by molar-refractivity contribution is 5.43. The summed E-state index contributed by atoms with van der Waals surface area (Å²) in [6, 6.07) is 6.99. The summed E-state index contributed by atoms with van der Waals surface area (Å²) in [6.45, 7) is 0. The Balaban J connectivity index is 2.40. The van der Waals surface area contributed by atoms with Gasteiger partial charge >= 0.3 is 0 Å². The van der Waals surface area contributed by atoms with Crippen molar-refractivity contribution in [3.8, 4) is 5.88 Å². The Morgan fingerprint density at radius 2 is 2.06 bits per heavy atom. The number of nitrogen functional groups attached to an aromatic ring is 1. The number of hydrogen-bond acceptors (Lipinski definition) is 5. The smallest absolute Gasteiger partial charge is 0.238 e. The zero-order chi connectivity index (χ0) is 12.3. The Labute approximate surface area is 98.9 Å². The molecule has 0 radical (unpaired) electrons. The molecular weight excluding hydrogens is 218 g/mol. The van der Waals surface area contributed by atoms with Crippen LogP contribution in [0.2, 0.25) is 0 Å². The van der Waals surface area contributed by atoms with E-state index in [1.54, 1.807) is 24.3 Å². The monoisotopic (exact) mass is 231 g/mol. The molecule has 0 bridgehead atoms. The first-order valence-corrected chi connectivity index (χ1v) is 5.10. The maximum atomic E-state index is 10.2. The third kappa shape index (κ3) is 2.34. The summed E-state index contributed by atoms with van der Waals surface area (Å²) in [5.74, 6) is 0.308. The van der Waals surface area contributed by atoms with Gasteiger partial charge in [0.2, 0.25) is 5.88 Å². The van der Waals surface area contributed by atoms with Crippen molar-refractivity contribution in [1.82, 2.24) is 9.97 Å². The molecule has 5 heteroatoms. The van der Waals surface area contributed by atoms with Gasteiger partial charge in [-0.2, -0.15) is 0 Å². The molecule has 5 nitrogen and oxygen atoms in total. The quantitative estimate of drug-likeness (QED) is 0.774. The minimum atomic E-state index is -0.901. The van der Waals surface area contributed by atoms with Crippen LogP contribution in [0.25, 0.3) is 0 Å². The summed E-state index contributed by atoms with van der Waals surface area (Å²) in [5.41, 5.74) is 7.29. The van der Waals surface area contributed by atoms with Crippen LogP contribution in [-0.4, -0.2) is 22.2 Å². The van der Waals surface area contributed by atoms with E-state index in [0.717, 1.165) is 0 Å². The first-order chi connectivity index (χ1) is 8.22. The Hall–Kier alpha value is -2.14. The van der Waals surface area contributed by atoms with Crippen molar-refractivity contribution in [2.24, 2.45) is 0 Å². The minimum absolute atomic E-state index is 0.308. The first kappa shape index (κ1) is 11.3. The van der Waals surface area contributed by atoms with Gasteiger partial charge in [-0.1, -0.05) is 12.1 Å². The molecule has 1 aromatic carbocycles. The molecule has 1 heterocycles. The van der Waals surface area contributed by atoms with Crippen molar-refractivity contribution in [1.29, 1.82) is 0 Å². The molecule has 0 amide bonds. The van der Waals surface area contributed by atoms with Gasteiger partial charge in [0.05, 0.1) is 7.11 Å². The minimum Gasteiger partial charge on any atom is -0.480 e. The normalized spacial score (nSPS) is 12.1. The van der Waals surface area contributed by atoms with Crippen LogP contribution in [0.4, 0.5) is 5.69 Å². The second-order valence-corrected chi connectivity index (χ2v) is 3.52. The van der Waals surface area contributed by atoms with Gasteiger partial charge < -0.3 is 15.6 Å². The van der Waals surface area contributed by atoms with E-state index in [2.05, 4.69) is 9.97 Å². The zero-order valence-corrected chi connectivity index (χ0v) is 9.37. The van der Waals surface area contributed by atoms with Crippen LogP contribution in [-0.2, 0) is 0 Å². The van der Waals surface area contributed by atoms with Crippen molar-refractivity contribution >= 4 is 5.69 Å². The number of benzene rings is 1. The molecule has 2 rings (SSSR count). The summed E-state index contributed by atoms with van der Waals surface area (Å²) in [6.07, 6.45) is 2.11. The molecule has 0 aliphatic heterocycles. The topological polar surface area (TPSA) is 81.3 Å². The van der Waals surface area contributed by atoms with Crippen molar-refractivity contribution in [3.05, 3.63) is 47.9 Å². The molecule has 0 aliphatic rings. The molecule has 1 aromatic heterocycles. The van der Waals surface area contributed by atoms with Crippen molar-refractivity contribution in [2.45, 2.75) is 6.10 Å². The summed E-state index contributed by atoms with van der Waals surface area (Å²) in [5, 5.41) is 10.2. The van der Waals surface area contributed by atoms with Crippen molar-refractivity contribution < 1.29 is 9.84 Å². The number of aromatic nitrogens is 2. The molecule has 1 atom stereocenters. The highest BCUT2D eigenvalue weighted by Gasteiger charge is 2.17. The van der Waals surface area contributed by atoms with Crippen LogP contribution < -0.4 is 10.5 Å². The van der Waals surface area contributed by atoms with Gasteiger partial charge in [0.1, 0.15) is 11.8 Å². The van der Waals surface area contributed by atoms with Crippen LogP contribution in [0.1, 0.15) is 17.4 Å². The van der Waals surface area contributed by atoms with Crippen LogP contribution in [0.3, 0.4) is 0 Å². The number of aliphatic hydroxyl groups excluding tert-OH is 1. The molecule has 0 aliphatic carbocycles. The number of rotatable bonds is 3. The average Bonchev–Trinajstić information content (AvgIpc) is 2.38. The number of anilines is 1. The van der Waals surface area contributed by atoms with Gasteiger partial charge in [-0.25, -0.2) is 4.98 Å². The Kier molecular flexibility index (Phi) is 3.20. The number of nitrogens with two attached hydrogens (primary N) is 1. The third-order valence-corrected chi connectivity index (χ3v) is 2.37. The molecule has 2 aromatic rings. The van der Waals surface area contributed by atoms with Gasteiger partial charge in [0, 0.05) is 18.1 Å². The van der Waals surface area contributed by atoms with Crippen molar-refractivity contribution in [3.63, 3.8) is 0 Å². The molecule has 0 spiro atoms. The highest BCUT2D eigenvalue weighted by atomic mass is 16.5. The zero-order valence-electron chi connectivity index (χ0n) is 9.37. The Morgan fingerprint density at radius 3 is 2.76 bits per heavy atom. The van der Waals surface area contributed by atoms with Gasteiger partial charge in [-0.05, 0) is 17.7 Å². The summed E-state index contributed by atoms with van der Waals surface area (Å²) in [4.78, 5) is 8.07. The van der Waals surface area contributed by atoms with Gasteiger partial charge in [0.25, 0.3) is 0 Å². The van der Waals surface area contributed by atoms with E-state index in [9.17, 15) is 5.11 Å². The highest BCUT2D eigenvalue weighted by Crippen LogP contribution is 2.26. The number of hydrogen-bond donors (Lipinski definition) is 2. The average molecular weight is 231 g/mol. The van der Waals surface area contributed by atoms with Crippen LogP contribution in [0.5, 0.6) is 5.88 Å². The number of methoxy groups -OCH3 is 1. The predicted molar refractivity (Wildman–Crippen MR) is 63.5 cm³/mol. The van der Waals surface area contributed by atoms with Crippen LogP contribution in [0.15, 0.2) is 36.7 Å². The largest absolute Gasteiger partial charge is 0.480 e. The van der Waals surface area contributed by atoms with E-state index in [0.29, 0.717) is 22.8 Å². The number of nitrogens with zero attached hydrogens (tertiary/aromatic N) is 2. The lowest BCUT2D eigenvalue weighted by atomic mass is 10.1. The number of aliphatic hydroxyl groups is 1. The first-order valence-electron chi connectivity index (χ1n) is 5.10. The maximum Gasteiger partial charge on any atom is 0.238 e. The van der Waals surface area contributed by atoms with E-state index in [1.807, 2.05) is 0 Å². The molecular formula is C12H13N3O2. The molecule has 88 valence electrons. The fraction of sp³-hybridized carbons (Fsp3) is 0.167.